The molecule has 0 aromatic carbocycles. The summed E-state index contributed by atoms with van der Waals surface area (Å²) in [6, 6.07) is 0.876. The number of carbonyl (C=O) groups is 2. The number of carbonyl (C=O) groups excluding carboxylic acids is 1. The molecule has 2 N–H and O–H groups in total. The normalized spacial score (nSPS) is 12.1. The largest absolute Gasteiger partial charge is 0.480 e. The lowest BCUT2D eigenvalue weighted by Gasteiger charge is -2.13. The molecule has 6 nitrogen and oxygen atoms in total. The molecule has 0 bridgehead atoms. The summed E-state index contributed by atoms with van der Waals surface area (Å²) in [5, 5.41) is 15.3. The lowest BCUT2D eigenvalue weighted by molar-refractivity contribution is -0.142. The maximum absolute atomic E-state index is 11.5. The molecule has 0 radical (unpaired) electrons. The molecule has 94 valence electrons. The van der Waals surface area contributed by atoms with Crippen molar-refractivity contribution in [1.29, 1.82) is 0 Å². The summed E-state index contributed by atoms with van der Waals surface area (Å²) in [6.45, 7) is 0.0377. The van der Waals surface area contributed by atoms with Crippen LogP contribution in [0.2, 0.25) is 0 Å². The Bertz CT molecular complexity index is 367. The van der Waals surface area contributed by atoms with Crippen LogP contribution in [0.25, 0.3) is 0 Å². The van der Waals surface area contributed by atoms with Gasteiger partial charge in [0.15, 0.2) is 0 Å². The van der Waals surface area contributed by atoms with E-state index in [1.807, 2.05) is 6.26 Å². The van der Waals surface area contributed by atoms with Crippen molar-refractivity contribution in [1.82, 2.24) is 15.1 Å². The molecule has 0 saturated carbocycles. The Kier molecular flexibility index (Phi) is 5.55. The van der Waals surface area contributed by atoms with Crippen LogP contribution in [0.4, 0.5) is 0 Å². The zero-order valence-corrected chi connectivity index (χ0v) is 10.3. The molecular weight excluding hydrogens is 242 g/mol. The van der Waals surface area contributed by atoms with E-state index in [4.69, 9.17) is 5.11 Å². The van der Waals surface area contributed by atoms with E-state index in [0.29, 0.717) is 12.2 Å². The van der Waals surface area contributed by atoms with Gasteiger partial charge in [-0.25, -0.2) is 4.79 Å². The number of nitrogens with one attached hydrogen (secondary N) is 1. The minimum atomic E-state index is -1.01. The molecule has 0 aliphatic carbocycles. The van der Waals surface area contributed by atoms with Crippen molar-refractivity contribution < 1.29 is 14.7 Å². The predicted molar refractivity (Wildman–Crippen MR) is 64.8 cm³/mol. The van der Waals surface area contributed by atoms with Crippen molar-refractivity contribution in [3.63, 3.8) is 0 Å². The second-order valence-corrected chi connectivity index (χ2v) is 4.43. The first-order chi connectivity index (χ1) is 8.13. The summed E-state index contributed by atoms with van der Waals surface area (Å²) in [4.78, 5) is 22.4. The number of aliphatic carboxylic acids is 1. The number of carboxylic acid groups (broad SMARTS) is 1. The molecule has 1 aromatic heterocycles. The number of carboxylic acids is 1. The Morgan fingerprint density at radius 1 is 1.59 bits per heavy atom. The van der Waals surface area contributed by atoms with Gasteiger partial charge in [0.1, 0.15) is 12.6 Å². The van der Waals surface area contributed by atoms with E-state index < -0.39 is 12.0 Å². The van der Waals surface area contributed by atoms with Crippen LogP contribution in [0.3, 0.4) is 0 Å². The van der Waals surface area contributed by atoms with Gasteiger partial charge in [0, 0.05) is 12.4 Å². The maximum Gasteiger partial charge on any atom is 0.326 e. The van der Waals surface area contributed by atoms with E-state index >= 15 is 0 Å². The molecule has 7 heteroatoms. The molecule has 0 spiro atoms. The maximum atomic E-state index is 11.5. The van der Waals surface area contributed by atoms with Gasteiger partial charge < -0.3 is 10.4 Å². The van der Waals surface area contributed by atoms with E-state index in [9.17, 15) is 9.59 Å². The Hall–Kier alpha value is -1.50. The summed E-state index contributed by atoms with van der Waals surface area (Å²) in [5.41, 5.74) is 0. The van der Waals surface area contributed by atoms with Crippen LogP contribution in [0, 0.1) is 0 Å². The van der Waals surface area contributed by atoms with Gasteiger partial charge in [-0.05, 0) is 24.5 Å². The average molecular weight is 257 g/mol. The van der Waals surface area contributed by atoms with Crippen molar-refractivity contribution in [3.05, 3.63) is 18.5 Å². The smallest absolute Gasteiger partial charge is 0.326 e. The number of aromatic nitrogens is 2. The van der Waals surface area contributed by atoms with Crippen LogP contribution in [0.5, 0.6) is 0 Å². The summed E-state index contributed by atoms with van der Waals surface area (Å²) < 4.78 is 1.45. The van der Waals surface area contributed by atoms with E-state index in [0.717, 1.165) is 0 Å². The summed E-state index contributed by atoms with van der Waals surface area (Å²) >= 11 is 1.55. The summed E-state index contributed by atoms with van der Waals surface area (Å²) in [7, 11) is 0. The number of hydrogen-bond acceptors (Lipinski definition) is 4. The standard InChI is InChI=1S/C10H15N3O3S/c1-17-6-3-8(10(15)16)12-9(14)7-13-5-2-4-11-13/h2,4-5,8H,3,6-7H2,1H3,(H,12,14)(H,15,16). The lowest BCUT2D eigenvalue weighted by atomic mass is 10.2. The highest BCUT2D eigenvalue weighted by atomic mass is 32.2. The molecule has 17 heavy (non-hydrogen) atoms. The molecule has 0 saturated heterocycles. The van der Waals surface area contributed by atoms with Crippen LogP contribution in [-0.2, 0) is 16.1 Å². The fourth-order valence-corrected chi connectivity index (χ4v) is 1.75. The van der Waals surface area contributed by atoms with E-state index in [2.05, 4.69) is 10.4 Å². The van der Waals surface area contributed by atoms with E-state index in [1.165, 1.54) is 4.68 Å². The average Bonchev–Trinajstić information content (AvgIpc) is 2.76. The highest BCUT2D eigenvalue weighted by Gasteiger charge is 2.19. The Labute approximate surface area is 103 Å². The minimum Gasteiger partial charge on any atom is -0.480 e. The highest BCUT2D eigenvalue weighted by Crippen LogP contribution is 2.01. The van der Waals surface area contributed by atoms with Gasteiger partial charge in [-0.2, -0.15) is 16.9 Å². The van der Waals surface area contributed by atoms with E-state index in [1.54, 1.807) is 30.2 Å². The monoisotopic (exact) mass is 257 g/mol. The van der Waals surface area contributed by atoms with Crippen LogP contribution < -0.4 is 5.32 Å². The van der Waals surface area contributed by atoms with Crippen molar-refractivity contribution in [2.45, 2.75) is 19.0 Å². The zero-order valence-electron chi connectivity index (χ0n) is 9.50. The third-order valence-electron chi connectivity index (χ3n) is 2.11. The van der Waals surface area contributed by atoms with Gasteiger partial charge in [0.25, 0.3) is 0 Å². The SMILES string of the molecule is CSCCC(NC(=O)Cn1cccn1)C(=O)O. The molecule has 1 atom stereocenters. The van der Waals surface area contributed by atoms with Crippen LogP contribution in [-0.4, -0.2) is 44.8 Å². The second kappa shape index (κ2) is 6.95. The minimum absolute atomic E-state index is 0.0377. The lowest BCUT2D eigenvalue weighted by Crippen LogP contribution is -2.42. The van der Waals surface area contributed by atoms with Gasteiger partial charge in [0.2, 0.25) is 5.91 Å². The molecule has 1 heterocycles. The van der Waals surface area contributed by atoms with Gasteiger partial charge in [-0.3, -0.25) is 9.48 Å². The van der Waals surface area contributed by atoms with Gasteiger partial charge in [-0.1, -0.05) is 0 Å². The topological polar surface area (TPSA) is 84.2 Å². The number of rotatable bonds is 7. The van der Waals surface area contributed by atoms with Crippen molar-refractivity contribution in [3.8, 4) is 0 Å². The number of nitrogens with zero attached hydrogens (tertiary/aromatic N) is 2. The molecule has 1 aromatic rings. The fraction of sp³-hybridized carbons (Fsp3) is 0.500. The number of hydrogen-bond donors (Lipinski definition) is 2. The predicted octanol–water partition coefficient (Wildman–Crippen LogP) is 0.206. The first-order valence-corrected chi connectivity index (χ1v) is 6.51. The van der Waals surface area contributed by atoms with Crippen LogP contribution >= 0.6 is 11.8 Å². The Morgan fingerprint density at radius 3 is 2.88 bits per heavy atom. The third-order valence-corrected chi connectivity index (χ3v) is 2.75. The number of amides is 1. The first-order valence-electron chi connectivity index (χ1n) is 5.12. The summed E-state index contributed by atoms with van der Waals surface area (Å²) in [5.74, 6) is -0.658. The Morgan fingerprint density at radius 2 is 2.35 bits per heavy atom. The van der Waals surface area contributed by atoms with E-state index in [-0.39, 0.29) is 12.5 Å². The molecule has 1 amide bonds. The molecule has 1 rings (SSSR count). The number of thioether (sulfide) groups is 1. The fourth-order valence-electron chi connectivity index (χ4n) is 1.27. The zero-order chi connectivity index (χ0) is 12.7. The second-order valence-electron chi connectivity index (χ2n) is 3.44. The Balaban J connectivity index is 2.43. The molecule has 0 aliphatic heterocycles. The quantitative estimate of drug-likeness (QED) is 0.729. The summed E-state index contributed by atoms with van der Waals surface area (Å²) in [6.07, 6.45) is 5.53. The first kappa shape index (κ1) is 13.6. The van der Waals surface area contributed by atoms with Crippen LogP contribution in [0.15, 0.2) is 18.5 Å². The van der Waals surface area contributed by atoms with Gasteiger partial charge in [0.05, 0.1) is 0 Å². The molecular formula is C10H15N3O3S. The van der Waals surface area contributed by atoms with Crippen molar-refractivity contribution in [2.75, 3.05) is 12.0 Å². The molecule has 0 fully saturated rings. The van der Waals surface area contributed by atoms with Gasteiger partial charge >= 0.3 is 5.97 Å². The molecule has 1 unspecified atom stereocenters. The highest BCUT2D eigenvalue weighted by molar-refractivity contribution is 7.98. The van der Waals surface area contributed by atoms with Crippen molar-refractivity contribution in [2.24, 2.45) is 0 Å². The van der Waals surface area contributed by atoms with Gasteiger partial charge in [-0.15, -0.1) is 0 Å². The molecule has 0 aliphatic rings. The third kappa shape index (κ3) is 4.90. The van der Waals surface area contributed by atoms with Crippen molar-refractivity contribution >= 4 is 23.6 Å². The van der Waals surface area contributed by atoms with Crippen LogP contribution in [0.1, 0.15) is 6.42 Å².